The van der Waals surface area contributed by atoms with Gasteiger partial charge in [0.25, 0.3) is 0 Å². The molecule has 0 radical (unpaired) electrons. The molecule has 3 heterocycles. The minimum absolute atomic E-state index is 0.248. The van der Waals surface area contributed by atoms with Gasteiger partial charge in [0.1, 0.15) is 11.6 Å². The molecule has 0 amide bonds. The van der Waals surface area contributed by atoms with Crippen molar-refractivity contribution >= 4 is 34.7 Å². The molecule has 0 unspecified atom stereocenters. The number of hydrogen-bond acceptors (Lipinski definition) is 7. The van der Waals surface area contributed by atoms with Crippen molar-refractivity contribution in [3.05, 3.63) is 71.4 Å². The summed E-state index contributed by atoms with van der Waals surface area (Å²) in [5, 5.41) is 0.997. The standard InChI is InChI=1S/C24H21N3O4/c1-29-19-8-6-16(7-9-19)23-26-21(24(28)31-23)15-18-14-17-4-2-3-5-20(17)25-22(18)27-10-12-30-13-11-27/h2-9,14-15H,10-13H2,1H3/b21-15-. The van der Waals surface area contributed by atoms with Crippen molar-refractivity contribution in [3.63, 3.8) is 0 Å². The van der Waals surface area contributed by atoms with Crippen LogP contribution in [0.2, 0.25) is 0 Å². The Hall–Kier alpha value is -3.71. The van der Waals surface area contributed by atoms with E-state index in [9.17, 15) is 4.79 Å². The number of carbonyl (C=O) groups excluding carboxylic acids is 1. The number of morpholine rings is 1. The van der Waals surface area contributed by atoms with E-state index in [1.165, 1.54) is 0 Å². The van der Waals surface area contributed by atoms with Crippen LogP contribution in [-0.2, 0) is 14.3 Å². The second kappa shape index (κ2) is 8.20. The summed E-state index contributed by atoms with van der Waals surface area (Å²) >= 11 is 0. The number of esters is 1. The lowest BCUT2D eigenvalue weighted by molar-refractivity contribution is -0.129. The number of hydrogen-bond donors (Lipinski definition) is 0. The van der Waals surface area contributed by atoms with E-state index < -0.39 is 5.97 Å². The SMILES string of the molecule is COc1ccc(C2=N/C(=C\c3cc4ccccc4nc3N3CCOCC3)C(=O)O2)cc1. The zero-order valence-corrected chi connectivity index (χ0v) is 17.1. The zero-order chi connectivity index (χ0) is 21.2. The summed E-state index contributed by atoms with van der Waals surface area (Å²) in [5.41, 5.74) is 2.69. The second-order valence-electron chi connectivity index (χ2n) is 7.26. The average Bonchev–Trinajstić information content (AvgIpc) is 3.19. The maximum atomic E-state index is 12.6. The molecule has 0 saturated carbocycles. The number of para-hydroxylation sites is 1. The molecular weight excluding hydrogens is 394 g/mol. The number of nitrogens with zero attached hydrogens (tertiary/aromatic N) is 3. The van der Waals surface area contributed by atoms with Crippen LogP contribution in [0.4, 0.5) is 5.82 Å². The molecule has 0 spiro atoms. The molecule has 1 saturated heterocycles. The average molecular weight is 415 g/mol. The summed E-state index contributed by atoms with van der Waals surface area (Å²) in [7, 11) is 1.60. The van der Waals surface area contributed by atoms with Crippen LogP contribution < -0.4 is 9.64 Å². The smallest absolute Gasteiger partial charge is 0.363 e. The highest BCUT2D eigenvalue weighted by Crippen LogP contribution is 2.28. The Morgan fingerprint density at radius 1 is 1.06 bits per heavy atom. The van der Waals surface area contributed by atoms with E-state index in [0.29, 0.717) is 18.8 Å². The molecular formula is C24H21N3O4. The molecule has 2 aliphatic rings. The third kappa shape index (κ3) is 3.87. The number of anilines is 1. The van der Waals surface area contributed by atoms with Crippen LogP contribution in [0.5, 0.6) is 5.75 Å². The number of pyridine rings is 1. The van der Waals surface area contributed by atoms with Gasteiger partial charge < -0.3 is 19.1 Å². The Labute approximate surface area is 179 Å². The van der Waals surface area contributed by atoms with Crippen LogP contribution in [0.15, 0.2) is 65.3 Å². The van der Waals surface area contributed by atoms with Gasteiger partial charge in [0.05, 0.1) is 25.8 Å². The van der Waals surface area contributed by atoms with Gasteiger partial charge in [-0.1, -0.05) is 18.2 Å². The minimum Gasteiger partial charge on any atom is -0.497 e. The number of aliphatic imine (C=N–C) groups is 1. The van der Waals surface area contributed by atoms with Crippen molar-refractivity contribution in [2.45, 2.75) is 0 Å². The topological polar surface area (TPSA) is 73.3 Å². The molecule has 2 aromatic carbocycles. The van der Waals surface area contributed by atoms with Crippen LogP contribution in [-0.4, -0.2) is 50.3 Å². The zero-order valence-electron chi connectivity index (χ0n) is 17.1. The Morgan fingerprint density at radius 2 is 1.84 bits per heavy atom. The van der Waals surface area contributed by atoms with Crippen LogP contribution in [0, 0.1) is 0 Å². The predicted octanol–water partition coefficient (Wildman–Crippen LogP) is 3.42. The third-order valence-electron chi connectivity index (χ3n) is 5.29. The Bertz CT molecular complexity index is 1200. The van der Waals surface area contributed by atoms with E-state index in [0.717, 1.165) is 41.1 Å². The molecule has 1 fully saturated rings. The van der Waals surface area contributed by atoms with E-state index in [1.54, 1.807) is 25.3 Å². The lowest BCUT2D eigenvalue weighted by Gasteiger charge is -2.29. The second-order valence-corrected chi connectivity index (χ2v) is 7.26. The van der Waals surface area contributed by atoms with Gasteiger partial charge in [-0.25, -0.2) is 14.8 Å². The lowest BCUT2D eigenvalue weighted by atomic mass is 10.1. The first-order valence-corrected chi connectivity index (χ1v) is 10.1. The van der Waals surface area contributed by atoms with E-state index in [-0.39, 0.29) is 11.6 Å². The molecule has 2 aliphatic heterocycles. The first-order chi connectivity index (χ1) is 15.2. The summed E-state index contributed by atoms with van der Waals surface area (Å²) in [5.74, 6) is 1.34. The molecule has 7 nitrogen and oxygen atoms in total. The number of benzene rings is 2. The van der Waals surface area contributed by atoms with Gasteiger partial charge in [-0.15, -0.1) is 0 Å². The van der Waals surface area contributed by atoms with Gasteiger partial charge in [0, 0.05) is 29.6 Å². The summed E-state index contributed by atoms with van der Waals surface area (Å²) in [6, 6.07) is 17.2. The Kier molecular flexibility index (Phi) is 5.09. The van der Waals surface area contributed by atoms with Crippen LogP contribution in [0.25, 0.3) is 17.0 Å². The van der Waals surface area contributed by atoms with Crippen molar-refractivity contribution in [2.24, 2.45) is 4.99 Å². The van der Waals surface area contributed by atoms with Crippen molar-refractivity contribution in [1.82, 2.24) is 4.98 Å². The number of aromatic nitrogens is 1. The van der Waals surface area contributed by atoms with Gasteiger partial charge in [0.2, 0.25) is 5.90 Å². The fraction of sp³-hybridized carbons (Fsp3) is 0.208. The maximum Gasteiger partial charge on any atom is 0.363 e. The van der Waals surface area contributed by atoms with E-state index >= 15 is 0 Å². The number of ether oxygens (including phenoxy) is 3. The largest absolute Gasteiger partial charge is 0.497 e. The van der Waals surface area contributed by atoms with Gasteiger partial charge in [-0.3, -0.25) is 0 Å². The quantitative estimate of drug-likeness (QED) is 0.480. The highest BCUT2D eigenvalue weighted by Gasteiger charge is 2.25. The molecule has 31 heavy (non-hydrogen) atoms. The first-order valence-electron chi connectivity index (χ1n) is 10.1. The highest BCUT2D eigenvalue weighted by atomic mass is 16.6. The van der Waals surface area contributed by atoms with Crippen LogP contribution in [0.3, 0.4) is 0 Å². The molecule has 1 aromatic heterocycles. The molecule has 0 N–H and O–H groups in total. The number of cyclic esters (lactones) is 1. The van der Waals surface area contributed by atoms with E-state index in [4.69, 9.17) is 19.2 Å². The fourth-order valence-corrected chi connectivity index (χ4v) is 3.67. The Balaban J connectivity index is 1.56. The number of rotatable bonds is 4. The number of methoxy groups -OCH3 is 1. The van der Waals surface area contributed by atoms with Crippen molar-refractivity contribution < 1.29 is 19.0 Å². The number of fused-ring (bicyclic) bond motifs is 1. The summed E-state index contributed by atoms with van der Waals surface area (Å²) in [6.45, 7) is 2.78. The molecule has 0 bridgehead atoms. The predicted molar refractivity (Wildman–Crippen MR) is 118 cm³/mol. The van der Waals surface area contributed by atoms with Gasteiger partial charge in [-0.05, 0) is 42.5 Å². The van der Waals surface area contributed by atoms with E-state index in [1.807, 2.05) is 42.5 Å². The maximum absolute atomic E-state index is 12.6. The molecule has 0 atom stereocenters. The first kappa shape index (κ1) is 19.3. The van der Waals surface area contributed by atoms with Crippen LogP contribution >= 0.6 is 0 Å². The molecule has 3 aromatic rings. The van der Waals surface area contributed by atoms with Crippen molar-refractivity contribution in [1.29, 1.82) is 0 Å². The summed E-state index contributed by atoms with van der Waals surface area (Å²) in [4.78, 5) is 24.1. The normalized spacial score (nSPS) is 17.7. The van der Waals surface area contributed by atoms with Gasteiger partial charge >= 0.3 is 5.97 Å². The summed E-state index contributed by atoms with van der Waals surface area (Å²) < 4.78 is 16.1. The molecule has 5 rings (SSSR count). The summed E-state index contributed by atoms with van der Waals surface area (Å²) in [6.07, 6.45) is 1.75. The monoisotopic (exact) mass is 415 g/mol. The molecule has 156 valence electrons. The van der Waals surface area contributed by atoms with Crippen molar-refractivity contribution in [2.75, 3.05) is 38.3 Å². The Morgan fingerprint density at radius 3 is 2.61 bits per heavy atom. The lowest BCUT2D eigenvalue weighted by Crippen LogP contribution is -2.37. The third-order valence-corrected chi connectivity index (χ3v) is 5.29. The highest BCUT2D eigenvalue weighted by molar-refractivity contribution is 6.13. The van der Waals surface area contributed by atoms with Crippen molar-refractivity contribution in [3.8, 4) is 5.75 Å². The van der Waals surface area contributed by atoms with Crippen LogP contribution in [0.1, 0.15) is 11.1 Å². The van der Waals surface area contributed by atoms with E-state index in [2.05, 4.69) is 9.89 Å². The molecule has 7 heteroatoms. The molecule has 0 aliphatic carbocycles. The minimum atomic E-state index is -0.480. The van der Waals surface area contributed by atoms with Gasteiger partial charge in [-0.2, -0.15) is 0 Å². The number of carbonyl (C=O) groups is 1. The fourth-order valence-electron chi connectivity index (χ4n) is 3.67. The van der Waals surface area contributed by atoms with Gasteiger partial charge in [0.15, 0.2) is 5.70 Å².